The average molecular weight is 477 g/mol. The largest absolute Gasteiger partial charge is 0.506 e. The molecule has 3 nitrogen and oxygen atoms in total. The molecule has 1 aromatic rings. The Labute approximate surface area is 161 Å². The second-order valence-electron chi connectivity index (χ2n) is 4.96. The molecule has 0 saturated carbocycles. The molecule has 0 bridgehead atoms. The van der Waals surface area contributed by atoms with Crippen molar-refractivity contribution in [2.45, 2.75) is 18.9 Å². The summed E-state index contributed by atoms with van der Waals surface area (Å²) in [6, 6.07) is 4.06. The predicted octanol–water partition coefficient (Wildman–Crippen LogP) is 4.67. The van der Waals surface area contributed by atoms with Gasteiger partial charge in [0.05, 0.1) is 4.47 Å². The van der Waals surface area contributed by atoms with Gasteiger partial charge in [-0.3, -0.25) is 4.90 Å². The third-order valence-corrected chi connectivity index (χ3v) is 5.02. The molecule has 0 radical (unpaired) electrons. The molecule has 1 aromatic carbocycles. The number of nitrogens with one attached hydrogen (secondary N) is 1. The van der Waals surface area contributed by atoms with Gasteiger partial charge >= 0.3 is 0 Å². The van der Waals surface area contributed by atoms with Crippen molar-refractivity contribution < 1.29 is 5.11 Å². The Bertz CT molecular complexity index is 483. The number of nitrogens with zero attached hydrogens (tertiary/aromatic N) is 1. The lowest BCUT2D eigenvalue weighted by atomic mass is 9.98. The Hall–Kier alpha value is 0.220. The van der Waals surface area contributed by atoms with Crippen molar-refractivity contribution in [3.63, 3.8) is 0 Å². The minimum Gasteiger partial charge on any atom is -0.506 e. The van der Waals surface area contributed by atoms with E-state index in [1.807, 2.05) is 18.2 Å². The van der Waals surface area contributed by atoms with E-state index in [-0.39, 0.29) is 30.9 Å². The van der Waals surface area contributed by atoms with E-state index in [1.165, 1.54) is 0 Å². The maximum absolute atomic E-state index is 10.4. The van der Waals surface area contributed by atoms with Crippen LogP contribution in [0.5, 0.6) is 5.75 Å². The SMILES string of the molecule is C=CCC[C@@H](c1c(Br)ccc(Br)c1O)N1CCNCC1.Cl.Cl. The standard InChI is InChI=1S/C15H20Br2N2O.2ClH/c1-2-3-4-13(19-9-7-18-8-10-19)14-11(16)5-6-12(17)15(14)20;;/h2,5-6,13,18,20H,1,3-4,7-10H2;2*1H/t13-;;/m0../s1. The summed E-state index contributed by atoms with van der Waals surface area (Å²) in [6.45, 7) is 7.81. The lowest BCUT2D eigenvalue weighted by Gasteiger charge is -2.36. The van der Waals surface area contributed by atoms with Gasteiger partial charge in [0, 0.05) is 42.3 Å². The summed E-state index contributed by atoms with van der Waals surface area (Å²) in [5.41, 5.74) is 0.975. The molecular weight excluding hydrogens is 455 g/mol. The number of hydrogen-bond acceptors (Lipinski definition) is 3. The Morgan fingerprint density at radius 1 is 1.23 bits per heavy atom. The summed E-state index contributed by atoms with van der Waals surface area (Å²) in [4.78, 5) is 2.44. The van der Waals surface area contributed by atoms with Gasteiger partial charge in [0.25, 0.3) is 0 Å². The number of aromatic hydroxyl groups is 1. The summed E-state index contributed by atoms with van der Waals surface area (Å²) in [7, 11) is 0. The molecular formula is C15H22Br2Cl2N2O. The van der Waals surface area contributed by atoms with Crippen LogP contribution in [0.3, 0.4) is 0 Å². The highest BCUT2D eigenvalue weighted by Crippen LogP contribution is 2.41. The van der Waals surface area contributed by atoms with E-state index in [1.54, 1.807) is 0 Å². The van der Waals surface area contributed by atoms with Crippen molar-refractivity contribution in [3.05, 3.63) is 39.3 Å². The molecule has 1 heterocycles. The summed E-state index contributed by atoms with van der Waals surface area (Å²) >= 11 is 7.01. The fourth-order valence-electron chi connectivity index (χ4n) is 2.65. The molecule has 22 heavy (non-hydrogen) atoms. The quantitative estimate of drug-likeness (QED) is 0.606. The van der Waals surface area contributed by atoms with E-state index in [2.05, 4.69) is 48.7 Å². The third-order valence-electron chi connectivity index (χ3n) is 3.68. The fourth-order valence-corrected chi connectivity index (χ4v) is 3.58. The predicted molar refractivity (Wildman–Crippen MR) is 105 cm³/mol. The van der Waals surface area contributed by atoms with Crippen LogP contribution in [-0.4, -0.2) is 36.2 Å². The fraction of sp³-hybridized carbons (Fsp3) is 0.467. The highest BCUT2D eigenvalue weighted by Gasteiger charge is 2.26. The normalized spacial score (nSPS) is 16.3. The van der Waals surface area contributed by atoms with Gasteiger partial charge in [0.15, 0.2) is 0 Å². The van der Waals surface area contributed by atoms with Crippen LogP contribution in [0.15, 0.2) is 33.7 Å². The van der Waals surface area contributed by atoms with Gasteiger partial charge < -0.3 is 10.4 Å². The van der Waals surface area contributed by atoms with Crippen LogP contribution < -0.4 is 5.32 Å². The molecule has 126 valence electrons. The topological polar surface area (TPSA) is 35.5 Å². The number of benzene rings is 1. The molecule has 0 aliphatic carbocycles. The van der Waals surface area contributed by atoms with Crippen LogP contribution in [0.2, 0.25) is 0 Å². The molecule has 1 saturated heterocycles. The number of halogens is 4. The zero-order valence-corrected chi connectivity index (χ0v) is 17.0. The molecule has 1 aliphatic heterocycles. The number of phenols is 1. The molecule has 0 unspecified atom stereocenters. The molecule has 0 spiro atoms. The van der Waals surface area contributed by atoms with Gasteiger partial charge in [0.2, 0.25) is 0 Å². The van der Waals surface area contributed by atoms with Crippen molar-refractivity contribution in [1.29, 1.82) is 0 Å². The minimum absolute atomic E-state index is 0. The lowest BCUT2D eigenvalue weighted by Crippen LogP contribution is -2.45. The van der Waals surface area contributed by atoms with E-state index in [4.69, 9.17) is 0 Å². The summed E-state index contributed by atoms with van der Waals surface area (Å²) in [6.07, 6.45) is 3.84. The van der Waals surface area contributed by atoms with E-state index >= 15 is 0 Å². The van der Waals surface area contributed by atoms with Crippen LogP contribution in [-0.2, 0) is 0 Å². The van der Waals surface area contributed by atoms with Gasteiger partial charge in [-0.05, 0) is 40.9 Å². The van der Waals surface area contributed by atoms with Crippen molar-refractivity contribution in [2.75, 3.05) is 26.2 Å². The zero-order chi connectivity index (χ0) is 14.5. The Kier molecular flexibility index (Phi) is 11.0. The molecule has 0 aromatic heterocycles. The van der Waals surface area contributed by atoms with Crippen LogP contribution in [0.1, 0.15) is 24.4 Å². The van der Waals surface area contributed by atoms with Crippen molar-refractivity contribution >= 4 is 56.7 Å². The first-order valence-electron chi connectivity index (χ1n) is 6.87. The van der Waals surface area contributed by atoms with Crippen molar-refractivity contribution in [1.82, 2.24) is 10.2 Å². The van der Waals surface area contributed by atoms with Crippen LogP contribution in [0.25, 0.3) is 0 Å². The first-order chi connectivity index (χ1) is 9.65. The Morgan fingerprint density at radius 3 is 2.41 bits per heavy atom. The number of piperazine rings is 1. The second kappa shape index (κ2) is 10.9. The number of rotatable bonds is 5. The Morgan fingerprint density at radius 2 is 1.82 bits per heavy atom. The molecule has 2 rings (SSSR count). The molecule has 1 fully saturated rings. The van der Waals surface area contributed by atoms with Gasteiger partial charge in [-0.2, -0.15) is 0 Å². The van der Waals surface area contributed by atoms with Gasteiger partial charge in [-0.25, -0.2) is 0 Å². The minimum atomic E-state index is 0. The first kappa shape index (κ1) is 22.2. The molecule has 2 N–H and O–H groups in total. The maximum atomic E-state index is 10.4. The first-order valence-corrected chi connectivity index (χ1v) is 8.46. The highest BCUT2D eigenvalue weighted by molar-refractivity contribution is 9.11. The second-order valence-corrected chi connectivity index (χ2v) is 6.67. The lowest BCUT2D eigenvalue weighted by molar-refractivity contribution is 0.163. The van der Waals surface area contributed by atoms with Gasteiger partial charge in [-0.15, -0.1) is 31.4 Å². The molecule has 0 amide bonds. The molecule has 1 aliphatic rings. The summed E-state index contributed by atoms with van der Waals surface area (Å²) in [5, 5.41) is 13.8. The maximum Gasteiger partial charge on any atom is 0.135 e. The highest BCUT2D eigenvalue weighted by atomic mass is 79.9. The molecule has 7 heteroatoms. The summed E-state index contributed by atoms with van der Waals surface area (Å²) in [5.74, 6) is 0.340. The van der Waals surface area contributed by atoms with E-state index in [0.717, 1.165) is 53.5 Å². The van der Waals surface area contributed by atoms with Crippen LogP contribution in [0.4, 0.5) is 0 Å². The monoisotopic (exact) mass is 474 g/mol. The van der Waals surface area contributed by atoms with Gasteiger partial charge in [-0.1, -0.05) is 22.0 Å². The van der Waals surface area contributed by atoms with Crippen LogP contribution in [0, 0.1) is 0 Å². The number of allylic oxidation sites excluding steroid dienone is 1. The smallest absolute Gasteiger partial charge is 0.135 e. The van der Waals surface area contributed by atoms with Crippen LogP contribution >= 0.6 is 56.7 Å². The zero-order valence-electron chi connectivity index (χ0n) is 12.2. The van der Waals surface area contributed by atoms with E-state index < -0.39 is 0 Å². The van der Waals surface area contributed by atoms with E-state index in [9.17, 15) is 5.11 Å². The average Bonchev–Trinajstić information content (AvgIpc) is 2.47. The van der Waals surface area contributed by atoms with E-state index in [0.29, 0.717) is 5.75 Å². The van der Waals surface area contributed by atoms with Crippen molar-refractivity contribution in [3.8, 4) is 5.75 Å². The number of hydrogen-bond donors (Lipinski definition) is 2. The third kappa shape index (κ3) is 5.39. The van der Waals surface area contributed by atoms with Crippen molar-refractivity contribution in [2.24, 2.45) is 0 Å². The molecule has 1 atom stereocenters. The summed E-state index contributed by atoms with van der Waals surface area (Å²) < 4.78 is 1.71. The van der Waals surface area contributed by atoms with Gasteiger partial charge in [0.1, 0.15) is 5.75 Å². The Balaban J connectivity index is 0.00000220. The number of phenolic OH excluding ortho intramolecular Hbond substituents is 1.